The normalized spacial score (nSPS) is 28.6. The van der Waals surface area contributed by atoms with Crippen molar-refractivity contribution < 1.29 is 4.79 Å². The van der Waals surface area contributed by atoms with Crippen LogP contribution in [0.3, 0.4) is 0 Å². The van der Waals surface area contributed by atoms with Crippen molar-refractivity contribution >= 4 is 5.91 Å². The van der Waals surface area contributed by atoms with Gasteiger partial charge in [-0.05, 0) is 25.3 Å². The monoisotopic (exact) mass is 253 g/mol. The van der Waals surface area contributed by atoms with Gasteiger partial charge in [-0.3, -0.25) is 4.79 Å². The summed E-state index contributed by atoms with van der Waals surface area (Å²) in [7, 11) is 2.11. The maximum atomic E-state index is 12.1. The fourth-order valence-corrected chi connectivity index (χ4v) is 3.08. The summed E-state index contributed by atoms with van der Waals surface area (Å²) in [6.07, 6.45) is 3.77. The molecule has 1 N–H and O–H groups in total. The van der Waals surface area contributed by atoms with E-state index in [9.17, 15) is 4.79 Å². The van der Waals surface area contributed by atoms with Gasteiger partial charge in [0.15, 0.2) is 0 Å². The molecule has 4 heteroatoms. The van der Waals surface area contributed by atoms with Gasteiger partial charge in [0.05, 0.1) is 6.54 Å². The molecule has 4 nitrogen and oxygen atoms in total. The van der Waals surface area contributed by atoms with Gasteiger partial charge in [0.25, 0.3) is 0 Å². The quantitative estimate of drug-likeness (QED) is 0.813. The number of rotatable bonds is 3. The molecule has 1 unspecified atom stereocenters. The predicted molar refractivity (Wildman–Crippen MR) is 73.5 cm³/mol. The average Bonchev–Trinajstić information content (AvgIpc) is 2.66. The number of carbonyl (C=O) groups excluding carboxylic acids is 1. The molecule has 1 heterocycles. The van der Waals surface area contributed by atoms with Crippen LogP contribution < -0.4 is 5.32 Å². The number of likely N-dealkylation sites (N-methyl/N-ethyl adjacent to an activating group) is 1. The van der Waals surface area contributed by atoms with Crippen LogP contribution in [0.15, 0.2) is 0 Å². The van der Waals surface area contributed by atoms with Crippen molar-refractivity contribution in [3.63, 3.8) is 0 Å². The number of hydrogen-bond acceptors (Lipinski definition) is 3. The third kappa shape index (κ3) is 3.23. The Bertz CT molecular complexity index is 295. The summed E-state index contributed by atoms with van der Waals surface area (Å²) in [6.45, 7) is 8.88. The van der Waals surface area contributed by atoms with Crippen molar-refractivity contribution in [3.8, 4) is 0 Å². The first-order valence-electron chi connectivity index (χ1n) is 7.19. The first-order chi connectivity index (χ1) is 8.49. The first-order valence-corrected chi connectivity index (χ1v) is 7.19. The van der Waals surface area contributed by atoms with Gasteiger partial charge < -0.3 is 15.1 Å². The van der Waals surface area contributed by atoms with Crippen LogP contribution in [0, 0.1) is 5.41 Å². The minimum absolute atomic E-state index is 0.269. The van der Waals surface area contributed by atoms with Crippen molar-refractivity contribution in [3.05, 3.63) is 0 Å². The molecule has 0 spiro atoms. The number of hydrogen-bond donors (Lipinski definition) is 1. The van der Waals surface area contributed by atoms with Gasteiger partial charge in [0.1, 0.15) is 0 Å². The molecule has 1 atom stereocenters. The maximum absolute atomic E-state index is 12.1. The van der Waals surface area contributed by atoms with E-state index in [1.807, 2.05) is 4.90 Å². The molecular weight excluding hydrogens is 226 g/mol. The standard InChI is InChI=1S/C14H27N3O/c1-14(2)6-4-5-12(14)15-11-13(18)17-9-7-16(3)8-10-17/h12,15H,4-11H2,1-3H3. The van der Waals surface area contributed by atoms with Gasteiger partial charge in [0, 0.05) is 32.2 Å². The highest BCUT2D eigenvalue weighted by atomic mass is 16.2. The van der Waals surface area contributed by atoms with Crippen LogP contribution in [0.4, 0.5) is 0 Å². The summed E-state index contributed by atoms with van der Waals surface area (Å²) < 4.78 is 0. The molecule has 0 aromatic carbocycles. The van der Waals surface area contributed by atoms with Gasteiger partial charge in [-0.1, -0.05) is 20.3 Å². The Morgan fingerprint density at radius 1 is 1.28 bits per heavy atom. The number of amides is 1. The van der Waals surface area contributed by atoms with Gasteiger partial charge >= 0.3 is 0 Å². The molecule has 1 aliphatic heterocycles. The molecule has 0 bridgehead atoms. The maximum Gasteiger partial charge on any atom is 0.236 e. The molecule has 0 radical (unpaired) electrons. The highest BCUT2D eigenvalue weighted by Crippen LogP contribution is 2.36. The third-order valence-electron chi connectivity index (χ3n) is 4.61. The van der Waals surface area contributed by atoms with Crippen molar-refractivity contribution in [1.82, 2.24) is 15.1 Å². The van der Waals surface area contributed by atoms with E-state index >= 15 is 0 Å². The largest absolute Gasteiger partial charge is 0.339 e. The van der Waals surface area contributed by atoms with Crippen molar-refractivity contribution in [2.24, 2.45) is 5.41 Å². The Labute approximate surface area is 111 Å². The molecule has 1 amide bonds. The van der Waals surface area contributed by atoms with Crippen molar-refractivity contribution in [2.45, 2.75) is 39.2 Å². The number of nitrogens with one attached hydrogen (secondary N) is 1. The second kappa shape index (κ2) is 5.57. The lowest BCUT2D eigenvalue weighted by molar-refractivity contribution is -0.132. The summed E-state index contributed by atoms with van der Waals surface area (Å²) in [4.78, 5) is 16.4. The Hall–Kier alpha value is -0.610. The molecule has 104 valence electrons. The molecule has 2 rings (SSSR count). The molecular formula is C14H27N3O. The van der Waals surface area contributed by atoms with E-state index in [0.717, 1.165) is 26.2 Å². The number of piperazine rings is 1. The Kier molecular flexibility index (Phi) is 4.28. The zero-order valence-corrected chi connectivity index (χ0v) is 12.0. The van der Waals surface area contributed by atoms with Crippen LogP contribution in [0.5, 0.6) is 0 Å². The van der Waals surface area contributed by atoms with Gasteiger partial charge in [-0.2, -0.15) is 0 Å². The summed E-state index contributed by atoms with van der Waals surface area (Å²) in [5, 5.41) is 3.48. The molecule has 1 saturated heterocycles. The Balaban J connectivity index is 1.75. The molecule has 2 fully saturated rings. The lowest BCUT2D eigenvalue weighted by Gasteiger charge is -2.33. The highest BCUT2D eigenvalue weighted by Gasteiger charge is 2.34. The number of carbonyl (C=O) groups is 1. The van der Waals surface area contributed by atoms with E-state index in [-0.39, 0.29) is 5.91 Å². The van der Waals surface area contributed by atoms with Crippen LogP contribution in [-0.4, -0.2) is 61.5 Å². The summed E-state index contributed by atoms with van der Waals surface area (Å²) in [5.41, 5.74) is 0.350. The van der Waals surface area contributed by atoms with Crippen LogP contribution in [0.2, 0.25) is 0 Å². The van der Waals surface area contributed by atoms with Gasteiger partial charge in [-0.15, -0.1) is 0 Å². The first kappa shape index (κ1) is 13.8. The molecule has 0 aromatic heterocycles. The second-order valence-electron chi connectivity index (χ2n) is 6.50. The second-order valence-corrected chi connectivity index (χ2v) is 6.50. The summed E-state index contributed by atoms with van der Waals surface area (Å²) in [5.74, 6) is 0.269. The fraction of sp³-hybridized carbons (Fsp3) is 0.929. The SMILES string of the molecule is CN1CCN(C(=O)CNC2CCCC2(C)C)CC1. The van der Waals surface area contributed by atoms with E-state index in [1.165, 1.54) is 19.3 Å². The topological polar surface area (TPSA) is 35.6 Å². The minimum atomic E-state index is 0.269. The molecule has 1 aliphatic carbocycles. The molecule has 0 aromatic rings. The summed E-state index contributed by atoms with van der Waals surface area (Å²) >= 11 is 0. The van der Waals surface area contributed by atoms with E-state index in [4.69, 9.17) is 0 Å². The van der Waals surface area contributed by atoms with Crippen LogP contribution in [0.25, 0.3) is 0 Å². The zero-order chi connectivity index (χ0) is 13.2. The minimum Gasteiger partial charge on any atom is -0.339 e. The van der Waals surface area contributed by atoms with Crippen molar-refractivity contribution in [2.75, 3.05) is 39.8 Å². The number of nitrogens with zero attached hydrogens (tertiary/aromatic N) is 2. The molecule has 2 aliphatic rings. The zero-order valence-electron chi connectivity index (χ0n) is 12.0. The lowest BCUT2D eigenvalue weighted by atomic mass is 9.87. The van der Waals surface area contributed by atoms with E-state index in [2.05, 4.69) is 31.1 Å². The smallest absolute Gasteiger partial charge is 0.236 e. The van der Waals surface area contributed by atoms with Crippen molar-refractivity contribution in [1.29, 1.82) is 0 Å². The molecule has 18 heavy (non-hydrogen) atoms. The van der Waals surface area contributed by atoms with E-state index in [0.29, 0.717) is 18.0 Å². The van der Waals surface area contributed by atoms with Gasteiger partial charge in [0.2, 0.25) is 5.91 Å². The van der Waals surface area contributed by atoms with E-state index < -0.39 is 0 Å². The Morgan fingerprint density at radius 2 is 1.94 bits per heavy atom. The third-order valence-corrected chi connectivity index (χ3v) is 4.61. The molecule has 1 saturated carbocycles. The fourth-order valence-electron chi connectivity index (χ4n) is 3.08. The van der Waals surface area contributed by atoms with Crippen LogP contribution >= 0.6 is 0 Å². The predicted octanol–water partition coefficient (Wildman–Crippen LogP) is 0.929. The summed E-state index contributed by atoms with van der Waals surface area (Å²) in [6, 6.07) is 0.508. The highest BCUT2D eigenvalue weighted by molar-refractivity contribution is 5.78. The van der Waals surface area contributed by atoms with Gasteiger partial charge in [-0.25, -0.2) is 0 Å². The lowest BCUT2D eigenvalue weighted by Crippen LogP contribution is -2.51. The average molecular weight is 253 g/mol. The van der Waals surface area contributed by atoms with Crippen LogP contribution in [-0.2, 0) is 4.79 Å². The van der Waals surface area contributed by atoms with E-state index in [1.54, 1.807) is 0 Å². The Morgan fingerprint density at radius 3 is 2.50 bits per heavy atom. The van der Waals surface area contributed by atoms with Crippen LogP contribution in [0.1, 0.15) is 33.1 Å².